The first-order valence-corrected chi connectivity index (χ1v) is 8.14. The number of rotatable bonds is 4. The Morgan fingerprint density at radius 1 is 1.41 bits per heavy atom. The summed E-state index contributed by atoms with van der Waals surface area (Å²) in [4.78, 5) is 30.5. The summed E-state index contributed by atoms with van der Waals surface area (Å²) in [6, 6.07) is 7.41. The summed E-state index contributed by atoms with van der Waals surface area (Å²) in [6.45, 7) is 0. The summed E-state index contributed by atoms with van der Waals surface area (Å²) >= 11 is 2.44. The predicted octanol–water partition coefficient (Wildman–Crippen LogP) is 2.85. The zero-order valence-electron chi connectivity index (χ0n) is 11.1. The average Bonchev–Trinajstić information content (AvgIpc) is 2.94. The number of aromatic amines is 1. The van der Waals surface area contributed by atoms with Crippen molar-refractivity contribution in [2.24, 2.45) is 0 Å². The van der Waals surface area contributed by atoms with Crippen LogP contribution in [0, 0.1) is 5.82 Å². The smallest absolute Gasteiger partial charge is 0.269 e. The lowest BCUT2D eigenvalue weighted by atomic mass is 10.3. The van der Waals surface area contributed by atoms with Crippen LogP contribution < -0.4 is 10.9 Å². The molecule has 0 fully saturated rings. The molecule has 112 valence electrons. The predicted molar refractivity (Wildman–Crippen MR) is 86.0 cm³/mol. The lowest BCUT2D eigenvalue weighted by Gasteiger charge is -2.05. The highest BCUT2D eigenvalue weighted by Crippen LogP contribution is 2.18. The van der Waals surface area contributed by atoms with Gasteiger partial charge in [-0.05, 0) is 29.6 Å². The zero-order chi connectivity index (χ0) is 15.5. The minimum absolute atomic E-state index is 0.0646. The van der Waals surface area contributed by atoms with Crippen LogP contribution in [-0.4, -0.2) is 21.6 Å². The fourth-order valence-corrected chi connectivity index (χ4v) is 3.21. The maximum absolute atomic E-state index is 13.0. The van der Waals surface area contributed by atoms with Gasteiger partial charge in [0.25, 0.3) is 5.56 Å². The molecule has 0 aliphatic carbocycles. The number of fused-ring (bicyclic) bond motifs is 1. The maximum atomic E-state index is 13.0. The molecular weight excluding hydrogens is 325 g/mol. The number of nitrogens with zero attached hydrogens (tertiary/aromatic N) is 1. The van der Waals surface area contributed by atoms with Crippen molar-refractivity contribution in [3.05, 3.63) is 51.9 Å². The summed E-state index contributed by atoms with van der Waals surface area (Å²) in [6.07, 6.45) is 0. The van der Waals surface area contributed by atoms with E-state index in [1.165, 1.54) is 29.5 Å². The lowest BCUT2D eigenvalue weighted by molar-refractivity contribution is -0.113. The molecule has 0 saturated carbocycles. The number of H-pyrrole nitrogens is 1. The lowest BCUT2D eigenvalue weighted by Crippen LogP contribution is -2.15. The molecule has 1 aromatic carbocycles. The number of carbonyl (C=O) groups is 1. The second-order valence-electron chi connectivity index (χ2n) is 4.35. The van der Waals surface area contributed by atoms with Crippen molar-refractivity contribution in [2.75, 3.05) is 11.1 Å². The van der Waals surface area contributed by atoms with Crippen LogP contribution in [-0.2, 0) is 4.79 Å². The highest BCUT2D eigenvalue weighted by Gasteiger charge is 2.08. The van der Waals surface area contributed by atoms with E-state index in [0.717, 1.165) is 11.8 Å². The molecule has 2 heterocycles. The van der Waals surface area contributed by atoms with Crippen molar-refractivity contribution in [3.63, 3.8) is 0 Å². The number of thioether (sulfide) groups is 1. The van der Waals surface area contributed by atoms with Gasteiger partial charge in [-0.3, -0.25) is 9.59 Å². The molecule has 3 rings (SSSR count). The summed E-state index contributed by atoms with van der Waals surface area (Å²) in [5.74, 6) is -0.655. The molecule has 0 radical (unpaired) electrons. The van der Waals surface area contributed by atoms with Crippen molar-refractivity contribution >= 4 is 44.9 Å². The van der Waals surface area contributed by atoms with Crippen LogP contribution in [0.5, 0.6) is 0 Å². The average molecular weight is 335 g/mol. The van der Waals surface area contributed by atoms with Crippen molar-refractivity contribution in [1.29, 1.82) is 0 Å². The molecule has 22 heavy (non-hydrogen) atoms. The number of hydrogen-bond donors (Lipinski definition) is 2. The molecule has 3 aromatic rings. The number of nitrogens with one attached hydrogen (secondary N) is 2. The molecule has 0 bridgehead atoms. The SMILES string of the molecule is O=C(CSc1nc2ccsc2c(=O)[nH]1)Nc1cccc(F)c1. The Labute approximate surface area is 132 Å². The number of amides is 1. The molecule has 0 saturated heterocycles. The molecule has 0 unspecified atom stereocenters. The minimum atomic E-state index is -0.417. The first-order chi connectivity index (χ1) is 10.6. The molecule has 8 heteroatoms. The van der Waals surface area contributed by atoms with Gasteiger partial charge in [-0.1, -0.05) is 17.8 Å². The first kappa shape index (κ1) is 14.7. The summed E-state index contributed by atoms with van der Waals surface area (Å²) in [5, 5.41) is 4.75. The first-order valence-electron chi connectivity index (χ1n) is 6.27. The van der Waals surface area contributed by atoms with Crippen LogP contribution in [0.4, 0.5) is 10.1 Å². The Morgan fingerprint density at radius 2 is 2.27 bits per heavy atom. The van der Waals surface area contributed by atoms with E-state index in [-0.39, 0.29) is 17.2 Å². The molecule has 0 aliphatic heterocycles. The molecule has 0 aliphatic rings. The summed E-state index contributed by atoms with van der Waals surface area (Å²) in [7, 11) is 0. The number of hydrogen-bond acceptors (Lipinski definition) is 5. The van der Waals surface area contributed by atoms with Gasteiger partial charge in [-0.2, -0.15) is 0 Å². The Balaban J connectivity index is 1.66. The fourth-order valence-electron chi connectivity index (χ4n) is 1.82. The van der Waals surface area contributed by atoms with Gasteiger partial charge >= 0.3 is 0 Å². The third kappa shape index (κ3) is 3.34. The van der Waals surface area contributed by atoms with Gasteiger partial charge < -0.3 is 10.3 Å². The molecule has 5 nitrogen and oxygen atoms in total. The molecule has 2 N–H and O–H groups in total. The second kappa shape index (κ2) is 6.29. The quantitative estimate of drug-likeness (QED) is 0.568. The van der Waals surface area contributed by atoms with E-state index in [1.807, 2.05) is 0 Å². The van der Waals surface area contributed by atoms with Gasteiger partial charge in [0.15, 0.2) is 5.16 Å². The largest absolute Gasteiger partial charge is 0.325 e. The highest BCUT2D eigenvalue weighted by molar-refractivity contribution is 7.99. The Kier molecular flexibility index (Phi) is 4.21. The highest BCUT2D eigenvalue weighted by atomic mass is 32.2. The fraction of sp³-hybridized carbons (Fsp3) is 0.0714. The van der Waals surface area contributed by atoms with Crippen molar-refractivity contribution in [3.8, 4) is 0 Å². The van der Waals surface area contributed by atoms with Crippen molar-refractivity contribution < 1.29 is 9.18 Å². The van der Waals surface area contributed by atoms with Gasteiger partial charge in [-0.15, -0.1) is 11.3 Å². The van der Waals surface area contributed by atoms with Crippen LogP contribution in [0.2, 0.25) is 0 Å². The number of carbonyl (C=O) groups excluding carboxylic acids is 1. The van der Waals surface area contributed by atoms with E-state index in [4.69, 9.17) is 0 Å². The van der Waals surface area contributed by atoms with Gasteiger partial charge in [-0.25, -0.2) is 9.37 Å². The zero-order valence-corrected chi connectivity index (χ0v) is 12.8. The number of anilines is 1. The van der Waals surface area contributed by atoms with Crippen LogP contribution in [0.3, 0.4) is 0 Å². The topological polar surface area (TPSA) is 74.8 Å². The van der Waals surface area contributed by atoms with E-state index < -0.39 is 5.82 Å². The maximum Gasteiger partial charge on any atom is 0.269 e. The van der Waals surface area contributed by atoms with Crippen LogP contribution in [0.1, 0.15) is 0 Å². The van der Waals surface area contributed by atoms with E-state index in [0.29, 0.717) is 21.1 Å². The van der Waals surface area contributed by atoms with Crippen LogP contribution in [0.25, 0.3) is 10.2 Å². The molecule has 2 aromatic heterocycles. The van der Waals surface area contributed by atoms with Crippen molar-refractivity contribution in [2.45, 2.75) is 5.16 Å². The van der Waals surface area contributed by atoms with E-state index in [9.17, 15) is 14.0 Å². The Hall–Kier alpha value is -2.19. The Morgan fingerprint density at radius 3 is 3.09 bits per heavy atom. The van der Waals surface area contributed by atoms with Crippen LogP contribution in [0.15, 0.2) is 45.7 Å². The Bertz CT molecular complexity index is 891. The monoisotopic (exact) mass is 335 g/mol. The van der Waals surface area contributed by atoms with Gasteiger partial charge in [0.05, 0.1) is 11.3 Å². The number of benzene rings is 1. The van der Waals surface area contributed by atoms with Crippen LogP contribution >= 0.6 is 23.1 Å². The summed E-state index contributed by atoms with van der Waals surface area (Å²) < 4.78 is 13.6. The van der Waals surface area contributed by atoms with Gasteiger partial charge in [0, 0.05) is 5.69 Å². The number of halogens is 1. The van der Waals surface area contributed by atoms with Gasteiger partial charge in [0.1, 0.15) is 10.5 Å². The molecule has 0 atom stereocenters. The molecule has 0 spiro atoms. The normalized spacial score (nSPS) is 10.8. The third-order valence-electron chi connectivity index (χ3n) is 2.74. The van der Waals surface area contributed by atoms with Gasteiger partial charge in [0.2, 0.25) is 5.91 Å². The second-order valence-corrected chi connectivity index (χ2v) is 6.23. The number of aromatic nitrogens is 2. The molecular formula is C14H10FN3O2S2. The summed E-state index contributed by atoms with van der Waals surface area (Å²) in [5.41, 5.74) is 0.787. The number of thiophene rings is 1. The van der Waals surface area contributed by atoms with E-state index in [2.05, 4.69) is 15.3 Å². The van der Waals surface area contributed by atoms with E-state index >= 15 is 0 Å². The standard InChI is InChI=1S/C14H10FN3O2S2/c15-8-2-1-3-9(6-8)16-11(19)7-22-14-17-10-4-5-21-12(10)13(20)18-14/h1-6H,7H2,(H,16,19)(H,17,18,20). The minimum Gasteiger partial charge on any atom is -0.325 e. The van der Waals surface area contributed by atoms with E-state index in [1.54, 1.807) is 17.5 Å². The molecule has 1 amide bonds. The third-order valence-corrected chi connectivity index (χ3v) is 4.52. The van der Waals surface area contributed by atoms with Crippen molar-refractivity contribution in [1.82, 2.24) is 9.97 Å².